The lowest BCUT2D eigenvalue weighted by atomic mass is 10.1. The van der Waals surface area contributed by atoms with Gasteiger partial charge in [0.2, 0.25) is 5.76 Å². The van der Waals surface area contributed by atoms with Crippen molar-refractivity contribution in [1.82, 2.24) is 0 Å². The molecule has 0 aliphatic heterocycles. The van der Waals surface area contributed by atoms with Gasteiger partial charge in [-0.25, -0.2) is 4.79 Å². The zero-order valence-corrected chi connectivity index (χ0v) is 12.9. The first-order chi connectivity index (χ1) is 10.5. The van der Waals surface area contributed by atoms with Gasteiger partial charge in [-0.3, -0.25) is 4.79 Å². The largest absolute Gasteiger partial charge is 0.454 e. The van der Waals surface area contributed by atoms with Crippen LogP contribution in [0, 0.1) is 6.92 Å². The molecule has 5 heteroatoms. The third-order valence-corrected chi connectivity index (χ3v) is 3.22. The summed E-state index contributed by atoms with van der Waals surface area (Å²) in [7, 11) is 0. The van der Waals surface area contributed by atoms with Gasteiger partial charge in [0, 0.05) is 5.69 Å². The monoisotopic (exact) mass is 301 g/mol. The van der Waals surface area contributed by atoms with Gasteiger partial charge in [-0.05, 0) is 50.1 Å². The molecule has 116 valence electrons. The minimum atomic E-state index is -0.913. The first kappa shape index (κ1) is 15.8. The summed E-state index contributed by atoms with van der Waals surface area (Å²) in [5.74, 6) is -0.345. The number of esters is 1. The molecule has 0 saturated carbocycles. The number of furan rings is 1. The van der Waals surface area contributed by atoms with Crippen LogP contribution in [0.25, 0.3) is 0 Å². The Hall–Kier alpha value is -2.56. The smallest absolute Gasteiger partial charge is 0.375 e. The van der Waals surface area contributed by atoms with Crippen LogP contribution in [-0.2, 0) is 16.0 Å². The number of benzene rings is 1. The SMILES string of the molecule is CCc1ccc(NC(=O)[C@@H](C)OC(=O)c2ccc(C)o2)cc1. The Balaban J connectivity index is 1.92. The summed E-state index contributed by atoms with van der Waals surface area (Å²) in [5.41, 5.74) is 1.85. The molecule has 0 spiro atoms. The van der Waals surface area contributed by atoms with Crippen LogP contribution in [0.3, 0.4) is 0 Å². The Morgan fingerprint density at radius 2 is 1.86 bits per heavy atom. The van der Waals surface area contributed by atoms with Crippen LogP contribution < -0.4 is 5.32 Å². The lowest BCUT2D eigenvalue weighted by Crippen LogP contribution is -2.29. The molecule has 1 heterocycles. The Labute approximate surface area is 129 Å². The highest BCUT2D eigenvalue weighted by Crippen LogP contribution is 2.12. The van der Waals surface area contributed by atoms with Crippen molar-refractivity contribution in [1.29, 1.82) is 0 Å². The summed E-state index contributed by atoms with van der Waals surface area (Å²) in [4.78, 5) is 23.8. The highest BCUT2D eigenvalue weighted by molar-refractivity contribution is 5.96. The fourth-order valence-corrected chi connectivity index (χ4v) is 1.88. The van der Waals surface area contributed by atoms with E-state index in [1.165, 1.54) is 18.6 Å². The van der Waals surface area contributed by atoms with Gasteiger partial charge < -0.3 is 14.5 Å². The summed E-state index contributed by atoms with van der Waals surface area (Å²) in [6.07, 6.45) is 0.0221. The summed E-state index contributed by atoms with van der Waals surface area (Å²) in [6, 6.07) is 10.7. The van der Waals surface area contributed by atoms with Gasteiger partial charge >= 0.3 is 5.97 Å². The average molecular weight is 301 g/mol. The zero-order valence-electron chi connectivity index (χ0n) is 12.9. The second kappa shape index (κ2) is 6.93. The van der Waals surface area contributed by atoms with Gasteiger partial charge in [-0.1, -0.05) is 19.1 Å². The topological polar surface area (TPSA) is 68.5 Å². The Kier molecular flexibility index (Phi) is 4.99. The molecule has 1 amide bonds. The highest BCUT2D eigenvalue weighted by atomic mass is 16.6. The number of nitrogens with one attached hydrogen (secondary N) is 1. The van der Waals surface area contributed by atoms with Crippen LogP contribution in [-0.4, -0.2) is 18.0 Å². The number of hydrogen-bond acceptors (Lipinski definition) is 4. The van der Waals surface area contributed by atoms with Gasteiger partial charge in [0.1, 0.15) is 5.76 Å². The Morgan fingerprint density at radius 3 is 2.41 bits per heavy atom. The third kappa shape index (κ3) is 3.97. The van der Waals surface area contributed by atoms with Crippen molar-refractivity contribution in [3.05, 3.63) is 53.5 Å². The van der Waals surface area contributed by atoms with Crippen LogP contribution >= 0.6 is 0 Å². The molecule has 1 aromatic heterocycles. The first-order valence-electron chi connectivity index (χ1n) is 7.17. The predicted octanol–water partition coefficient (Wildman–Crippen LogP) is 3.33. The maximum Gasteiger partial charge on any atom is 0.375 e. The summed E-state index contributed by atoms with van der Waals surface area (Å²) in [6.45, 7) is 5.31. The van der Waals surface area contributed by atoms with E-state index in [4.69, 9.17) is 9.15 Å². The highest BCUT2D eigenvalue weighted by Gasteiger charge is 2.20. The number of hydrogen-bond donors (Lipinski definition) is 1. The van der Waals surface area contributed by atoms with Crippen LogP contribution in [0.1, 0.15) is 35.7 Å². The van der Waals surface area contributed by atoms with Gasteiger partial charge in [0.05, 0.1) is 0 Å². The molecule has 0 radical (unpaired) electrons. The normalized spacial score (nSPS) is 11.8. The number of ether oxygens (including phenoxy) is 1. The van der Waals surface area contributed by atoms with Crippen LogP contribution in [0.5, 0.6) is 0 Å². The molecule has 5 nitrogen and oxygen atoms in total. The molecule has 22 heavy (non-hydrogen) atoms. The standard InChI is InChI=1S/C17H19NO4/c1-4-13-6-8-14(9-7-13)18-16(19)12(3)22-17(20)15-10-5-11(2)21-15/h5-10,12H,4H2,1-3H3,(H,18,19)/t12-/m1/s1. The van der Waals surface area contributed by atoms with E-state index in [2.05, 4.69) is 12.2 Å². The van der Waals surface area contributed by atoms with Gasteiger partial charge in [0.25, 0.3) is 5.91 Å². The molecule has 0 fully saturated rings. The Bertz CT molecular complexity index is 658. The first-order valence-corrected chi connectivity index (χ1v) is 7.17. The molecule has 2 aromatic rings. The minimum absolute atomic E-state index is 0.0875. The fourth-order valence-electron chi connectivity index (χ4n) is 1.88. The minimum Gasteiger partial charge on any atom is -0.454 e. The molecular weight excluding hydrogens is 282 g/mol. The average Bonchev–Trinajstić information content (AvgIpc) is 2.94. The number of aryl methyl sites for hydroxylation is 2. The van der Waals surface area contributed by atoms with Gasteiger partial charge in [-0.15, -0.1) is 0 Å². The van der Waals surface area contributed by atoms with E-state index < -0.39 is 12.1 Å². The maximum absolute atomic E-state index is 12.0. The molecule has 0 bridgehead atoms. The van der Waals surface area contributed by atoms with Crippen LogP contribution in [0.15, 0.2) is 40.8 Å². The van der Waals surface area contributed by atoms with Crippen molar-refractivity contribution in [3.63, 3.8) is 0 Å². The summed E-state index contributed by atoms with van der Waals surface area (Å²) in [5, 5.41) is 2.71. The molecule has 1 N–H and O–H groups in total. The molecule has 0 saturated heterocycles. The quantitative estimate of drug-likeness (QED) is 0.860. The lowest BCUT2D eigenvalue weighted by Gasteiger charge is -2.13. The van der Waals surface area contributed by atoms with E-state index in [1.54, 1.807) is 13.0 Å². The third-order valence-electron chi connectivity index (χ3n) is 3.22. The predicted molar refractivity (Wildman–Crippen MR) is 82.8 cm³/mol. The number of rotatable bonds is 5. The van der Waals surface area contributed by atoms with Crippen LogP contribution in [0.2, 0.25) is 0 Å². The van der Waals surface area contributed by atoms with E-state index in [9.17, 15) is 9.59 Å². The lowest BCUT2D eigenvalue weighted by molar-refractivity contribution is -0.123. The van der Waals surface area contributed by atoms with Crippen molar-refractivity contribution >= 4 is 17.6 Å². The van der Waals surface area contributed by atoms with E-state index in [-0.39, 0.29) is 11.7 Å². The van der Waals surface area contributed by atoms with Crippen molar-refractivity contribution in [3.8, 4) is 0 Å². The van der Waals surface area contributed by atoms with Gasteiger partial charge in [-0.2, -0.15) is 0 Å². The molecule has 0 unspecified atom stereocenters. The Morgan fingerprint density at radius 1 is 1.18 bits per heavy atom. The second-order valence-electron chi connectivity index (χ2n) is 5.00. The summed E-state index contributed by atoms with van der Waals surface area (Å²) >= 11 is 0. The van der Waals surface area contributed by atoms with Crippen molar-refractivity contribution < 1.29 is 18.7 Å². The molecule has 0 aliphatic carbocycles. The van der Waals surface area contributed by atoms with E-state index in [0.717, 1.165) is 6.42 Å². The van der Waals surface area contributed by atoms with Crippen molar-refractivity contribution in [2.45, 2.75) is 33.3 Å². The maximum atomic E-state index is 12.0. The molecular formula is C17H19NO4. The van der Waals surface area contributed by atoms with Crippen LogP contribution in [0.4, 0.5) is 5.69 Å². The van der Waals surface area contributed by atoms with E-state index in [1.807, 2.05) is 24.3 Å². The number of anilines is 1. The number of amides is 1. The fraction of sp³-hybridized carbons (Fsp3) is 0.294. The molecule has 1 atom stereocenters. The van der Waals surface area contributed by atoms with Crippen molar-refractivity contribution in [2.75, 3.05) is 5.32 Å². The molecule has 0 aliphatic rings. The molecule has 1 aromatic carbocycles. The van der Waals surface area contributed by atoms with E-state index >= 15 is 0 Å². The molecule has 2 rings (SSSR count). The number of carbonyl (C=O) groups is 2. The second-order valence-corrected chi connectivity index (χ2v) is 5.00. The van der Waals surface area contributed by atoms with E-state index in [0.29, 0.717) is 11.4 Å². The number of carbonyl (C=O) groups excluding carboxylic acids is 2. The van der Waals surface area contributed by atoms with Gasteiger partial charge in [0.15, 0.2) is 6.10 Å². The van der Waals surface area contributed by atoms with Crippen molar-refractivity contribution in [2.24, 2.45) is 0 Å². The zero-order chi connectivity index (χ0) is 16.1. The summed E-state index contributed by atoms with van der Waals surface area (Å²) < 4.78 is 10.2.